The van der Waals surface area contributed by atoms with Gasteiger partial charge in [-0.1, -0.05) is 0 Å². The van der Waals surface area contributed by atoms with Gasteiger partial charge in [0.1, 0.15) is 62.4 Å². The first-order valence-corrected chi connectivity index (χ1v) is 12.2. The van der Waals surface area contributed by atoms with Crippen LogP contribution in [0.25, 0.3) is 55.7 Å². The van der Waals surface area contributed by atoms with Crippen LogP contribution in [-0.4, -0.2) is 32.6 Å². The summed E-state index contributed by atoms with van der Waals surface area (Å²) >= 11 is 0. The summed E-state index contributed by atoms with van der Waals surface area (Å²) in [6.45, 7) is 0. The van der Waals surface area contributed by atoms with Crippen molar-refractivity contribution in [2.45, 2.75) is 0 Å². The molecule has 0 radical (unpaired) electrons. The van der Waals surface area contributed by atoms with Crippen molar-refractivity contribution >= 4 is 21.9 Å². The van der Waals surface area contributed by atoms with E-state index >= 15 is 0 Å². The first-order chi connectivity index (χ1) is 19.7. The van der Waals surface area contributed by atoms with Crippen LogP contribution in [0.4, 0.5) is 0 Å². The molecular weight excluding hydrogens is 532 g/mol. The summed E-state index contributed by atoms with van der Waals surface area (Å²) < 4.78 is 17.8. The summed E-state index contributed by atoms with van der Waals surface area (Å²) in [5, 5.41) is 50.5. The van der Waals surface area contributed by atoms with Crippen LogP contribution in [0, 0.1) is 0 Å². The first kappa shape index (κ1) is 25.4. The molecule has 0 aliphatic carbocycles. The predicted molar refractivity (Wildman–Crippen MR) is 150 cm³/mol. The van der Waals surface area contributed by atoms with Crippen LogP contribution >= 0.6 is 0 Å². The number of ether oxygens (including phenoxy) is 1. The smallest absolute Gasteiger partial charge is 0.205 e. The predicted octanol–water partition coefficient (Wildman–Crippen LogP) is 5.44. The van der Waals surface area contributed by atoms with Crippen molar-refractivity contribution in [2.75, 3.05) is 7.11 Å². The van der Waals surface area contributed by atoms with Crippen molar-refractivity contribution in [1.82, 2.24) is 0 Å². The second-order valence-corrected chi connectivity index (χ2v) is 9.22. The summed E-state index contributed by atoms with van der Waals surface area (Å²) in [7, 11) is 1.30. The lowest BCUT2D eigenvalue weighted by Crippen LogP contribution is -2.10. The van der Waals surface area contributed by atoms with Gasteiger partial charge >= 0.3 is 0 Å². The topological polar surface area (TPSA) is 171 Å². The van der Waals surface area contributed by atoms with Crippen molar-refractivity contribution in [1.29, 1.82) is 0 Å². The Kier molecular flexibility index (Phi) is 5.81. The number of rotatable bonds is 4. The fourth-order valence-corrected chi connectivity index (χ4v) is 4.79. The van der Waals surface area contributed by atoms with Gasteiger partial charge in [-0.05, 0) is 48.5 Å². The van der Waals surface area contributed by atoms with Gasteiger partial charge in [0.15, 0.2) is 11.0 Å². The van der Waals surface area contributed by atoms with Crippen molar-refractivity contribution in [3.8, 4) is 68.3 Å². The van der Waals surface area contributed by atoms with E-state index in [-0.39, 0.29) is 67.6 Å². The standard InChI is InChI=1S/C31H20O10/c1-39-23-13-21(37)25-20(36)12-22(14-2-6-16(32)7-3-14)40-31(25)27(23)28-29(38)26-19(35)10-18(34)11-24(26)41-30(28)15-4-8-17(33)9-5-15/h2-13,32-35,37H,1H3. The highest BCUT2D eigenvalue weighted by molar-refractivity contribution is 6.04. The van der Waals surface area contributed by atoms with Gasteiger partial charge in [0.2, 0.25) is 5.43 Å². The Bertz CT molecular complexity index is 2100. The lowest BCUT2D eigenvalue weighted by atomic mass is 9.95. The maximum absolute atomic E-state index is 14.2. The average molecular weight is 552 g/mol. The fraction of sp³-hybridized carbons (Fsp3) is 0.0323. The zero-order valence-electron chi connectivity index (χ0n) is 21.2. The highest BCUT2D eigenvalue weighted by atomic mass is 16.5. The molecule has 10 nitrogen and oxygen atoms in total. The molecule has 0 fully saturated rings. The minimum Gasteiger partial charge on any atom is -0.508 e. The van der Waals surface area contributed by atoms with Crippen LogP contribution in [0.3, 0.4) is 0 Å². The van der Waals surface area contributed by atoms with Crippen molar-refractivity contribution in [2.24, 2.45) is 0 Å². The number of hydrogen-bond donors (Lipinski definition) is 5. The third-order valence-electron chi connectivity index (χ3n) is 6.66. The van der Waals surface area contributed by atoms with E-state index < -0.39 is 22.4 Å². The highest BCUT2D eigenvalue weighted by Crippen LogP contribution is 2.45. The zero-order valence-corrected chi connectivity index (χ0v) is 21.2. The van der Waals surface area contributed by atoms with Gasteiger partial charge in [0.05, 0.1) is 18.2 Å². The van der Waals surface area contributed by atoms with Gasteiger partial charge in [-0.3, -0.25) is 9.59 Å². The Morgan fingerprint density at radius 1 is 0.634 bits per heavy atom. The van der Waals surface area contributed by atoms with E-state index in [9.17, 15) is 35.1 Å². The van der Waals surface area contributed by atoms with Crippen LogP contribution in [0.15, 0.2) is 91.2 Å². The molecule has 6 rings (SSSR count). The molecule has 0 aliphatic heterocycles. The Labute approximate surface area is 229 Å². The van der Waals surface area contributed by atoms with Gasteiger partial charge in [-0.25, -0.2) is 0 Å². The summed E-state index contributed by atoms with van der Waals surface area (Å²) in [4.78, 5) is 27.5. The summed E-state index contributed by atoms with van der Waals surface area (Å²) in [5.41, 5.74) is -1.21. The molecule has 5 N–H and O–H groups in total. The number of phenols is 5. The number of phenolic OH excluding ortho intramolecular Hbond substituents is 5. The second kappa shape index (κ2) is 9.38. The third-order valence-corrected chi connectivity index (χ3v) is 6.66. The average Bonchev–Trinajstić information content (AvgIpc) is 2.93. The lowest BCUT2D eigenvalue weighted by molar-refractivity contribution is 0.409. The molecule has 4 aromatic carbocycles. The van der Waals surface area contributed by atoms with Crippen molar-refractivity contribution in [3.05, 3.63) is 93.2 Å². The van der Waals surface area contributed by atoms with E-state index in [1.54, 1.807) is 0 Å². The van der Waals surface area contributed by atoms with Gasteiger partial charge < -0.3 is 39.1 Å². The molecule has 0 atom stereocenters. The normalized spacial score (nSPS) is 11.2. The van der Waals surface area contributed by atoms with E-state index in [2.05, 4.69) is 0 Å². The molecule has 2 aromatic heterocycles. The van der Waals surface area contributed by atoms with E-state index in [1.807, 2.05) is 0 Å². The summed E-state index contributed by atoms with van der Waals surface area (Å²) in [6.07, 6.45) is 0. The van der Waals surface area contributed by atoms with E-state index in [1.165, 1.54) is 67.8 Å². The number of aromatic hydroxyl groups is 5. The zero-order chi connectivity index (χ0) is 29.0. The summed E-state index contributed by atoms with van der Waals surface area (Å²) in [6, 6.07) is 16.1. The molecule has 0 saturated heterocycles. The Hall–Kier alpha value is -5.90. The van der Waals surface area contributed by atoms with Gasteiger partial charge in [-0.2, -0.15) is 0 Å². The largest absolute Gasteiger partial charge is 0.508 e. The van der Waals surface area contributed by atoms with Crippen molar-refractivity contribution in [3.63, 3.8) is 0 Å². The van der Waals surface area contributed by atoms with Crippen LogP contribution in [-0.2, 0) is 0 Å². The molecule has 0 bridgehead atoms. The first-order valence-electron chi connectivity index (χ1n) is 12.2. The molecule has 0 amide bonds. The monoisotopic (exact) mass is 552 g/mol. The van der Waals surface area contributed by atoms with Crippen LogP contribution < -0.4 is 15.6 Å². The van der Waals surface area contributed by atoms with Gasteiger partial charge in [0.25, 0.3) is 0 Å². The molecule has 0 unspecified atom stereocenters. The van der Waals surface area contributed by atoms with Gasteiger partial charge in [0, 0.05) is 35.4 Å². The fourth-order valence-electron chi connectivity index (χ4n) is 4.79. The molecule has 0 aliphatic rings. The quantitative estimate of drug-likeness (QED) is 0.190. The van der Waals surface area contributed by atoms with E-state index in [4.69, 9.17) is 13.6 Å². The molecule has 204 valence electrons. The second-order valence-electron chi connectivity index (χ2n) is 9.22. The molecular formula is C31H20O10. The minimum atomic E-state index is -0.755. The Morgan fingerprint density at radius 3 is 1.88 bits per heavy atom. The Morgan fingerprint density at radius 2 is 1.24 bits per heavy atom. The number of fused-ring (bicyclic) bond motifs is 2. The molecule has 0 saturated carbocycles. The van der Waals surface area contributed by atoms with E-state index in [0.29, 0.717) is 11.1 Å². The number of methoxy groups -OCH3 is 1. The van der Waals surface area contributed by atoms with E-state index in [0.717, 1.165) is 12.1 Å². The van der Waals surface area contributed by atoms with Gasteiger partial charge in [-0.15, -0.1) is 0 Å². The van der Waals surface area contributed by atoms with Crippen LogP contribution in [0.1, 0.15) is 0 Å². The highest BCUT2D eigenvalue weighted by Gasteiger charge is 2.28. The van der Waals surface area contributed by atoms with Crippen LogP contribution in [0.5, 0.6) is 34.5 Å². The maximum atomic E-state index is 14.2. The molecule has 6 aromatic rings. The maximum Gasteiger partial charge on any atom is 0.205 e. The molecule has 2 heterocycles. The summed E-state index contributed by atoms with van der Waals surface area (Å²) in [5.74, 6) is -1.46. The minimum absolute atomic E-state index is 0.00459. The molecule has 41 heavy (non-hydrogen) atoms. The Balaban J connectivity index is 1.82. The number of hydrogen-bond acceptors (Lipinski definition) is 10. The third kappa shape index (κ3) is 4.14. The van der Waals surface area contributed by atoms with Crippen LogP contribution in [0.2, 0.25) is 0 Å². The van der Waals surface area contributed by atoms with Crippen molar-refractivity contribution < 1.29 is 39.1 Å². The lowest BCUT2D eigenvalue weighted by Gasteiger charge is -2.16. The molecule has 0 spiro atoms. The molecule has 10 heteroatoms. The SMILES string of the molecule is COc1cc(O)c2c(=O)cc(-c3ccc(O)cc3)oc2c1-c1c(-c2ccc(O)cc2)oc2cc(O)cc(O)c2c1=O. The number of benzene rings is 4.